The van der Waals surface area contributed by atoms with Crippen LogP contribution >= 0.6 is 0 Å². The van der Waals surface area contributed by atoms with E-state index in [1.54, 1.807) is 6.20 Å². The minimum Gasteiger partial charge on any atom is -0.325 e. The van der Waals surface area contributed by atoms with Crippen LogP contribution in [0.4, 0.5) is 17.3 Å². The molecule has 4 aromatic rings. The number of anilines is 3. The minimum absolute atomic E-state index is 0.00589. The quantitative estimate of drug-likeness (QED) is 0.389. The minimum atomic E-state index is 0.00589. The van der Waals surface area contributed by atoms with Crippen molar-refractivity contribution in [3.63, 3.8) is 0 Å². The fraction of sp³-hybridized carbons (Fsp3) is 0.360. The van der Waals surface area contributed by atoms with E-state index < -0.39 is 0 Å². The van der Waals surface area contributed by atoms with Gasteiger partial charge in [-0.1, -0.05) is 18.2 Å². The van der Waals surface area contributed by atoms with Gasteiger partial charge in [0, 0.05) is 55.3 Å². The average molecular weight is 459 g/mol. The number of hydrogen-bond acceptors (Lipinski definition) is 7. The van der Waals surface area contributed by atoms with Gasteiger partial charge in [0.2, 0.25) is 11.9 Å². The Bertz CT molecular complexity index is 1310. The maximum Gasteiger partial charge on any atom is 0.227 e. The van der Waals surface area contributed by atoms with Crippen molar-refractivity contribution in [2.75, 3.05) is 50.4 Å². The molecular weight excluding hydrogens is 428 g/mol. The Hall–Kier alpha value is -3.56. The lowest BCUT2D eigenvalue weighted by molar-refractivity contribution is -0.116. The van der Waals surface area contributed by atoms with Crippen molar-refractivity contribution in [1.29, 1.82) is 0 Å². The SMILES string of the molecule is Cc1cccc2cnc(Nc3cc(NC(=O)CCCN4CCN(C)CC4)c4cn[nH]c4c3)nc12. The smallest absolute Gasteiger partial charge is 0.227 e. The molecule has 34 heavy (non-hydrogen) atoms. The summed E-state index contributed by atoms with van der Waals surface area (Å²) in [6.07, 6.45) is 4.87. The molecule has 0 radical (unpaired) electrons. The molecule has 5 rings (SSSR count). The predicted molar refractivity (Wildman–Crippen MR) is 135 cm³/mol. The number of benzene rings is 2. The van der Waals surface area contributed by atoms with E-state index in [2.05, 4.69) is 47.6 Å². The van der Waals surface area contributed by atoms with Crippen LogP contribution in [-0.4, -0.2) is 75.6 Å². The van der Waals surface area contributed by atoms with Crippen LogP contribution in [0.2, 0.25) is 0 Å². The molecule has 0 saturated carbocycles. The van der Waals surface area contributed by atoms with Gasteiger partial charge in [-0.15, -0.1) is 0 Å². The van der Waals surface area contributed by atoms with Crippen LogP contribution in [-0.2, 0) is 4.79 Å². The first kappa shape index (κ1) is 22.2. The van der Waals surface area contributed by atoms with Gasteiger partial charge in [0.05, 0.1) is 22.9 Å². The lowest BCUT2D eigenvalue weighted by Crippen LogP contribution is -2.44. The molecule has 2 aromatic carbocycles. The fourth-order valence-corrected chi connectivity index (χ4v) is 4.37. The number of carbonyl (C=O) groups is 1. The molecule has 176 valence electrons. The number of hydrogen-bond donors (Lipinski definition) is 3. The molecule has 9 heteroatoms. The summed E-state index contributed by atoms with van der Waals surface area (Å²) in [5.74, 6) is 0.511. The first-order chi connectivity index (χ1) is 16.5. The van der Waals surface area contributed by atoms with E-state index in [-0.39, 0.29) is 5.91 Å². The first-order valence-corrected chi connectivity index (χ1v) is 11.7. The summed E-state index contributed by atoms with van der Waals surface area (Å²) in [6, 6.07) is 9.88. The lowest BCUT2D eigenvalue weighted by Gasteiger charge is -2.32. The molecule has 1 amide bonds. The standard InChI is InChI=1S/C25H30N8O/c1-17-5-3-6-18-15-26-25(30-24(17)18)28-19-13-21(20-16-27-31-22(20)14-19)29-23(34)7-4-8-33-11-9-32(2)10-12-33/h3,5-6,13-16H,4,7-12H2,1-2H3,(H,27,31)(H,29,34)(H,26,28,30). The maximum atomic E-state index is 12.7. The molecule has 3 N–H and O–H groups in total. The molecule has 0 bridgehead atoms. The second-order valence-electron chi connectivity index (χ2n) is 8.98. The van der Waals surface area contributed by atoms with Gasteiger partial charge in [-0.05, 0) is 44.6 Å². The molecule has 9 nitrogen and oxygen atoms in total. The van der Waals surface area contributed by atoms with E-state index in [1.165, 1.54) is 0 Å². The average Bonchev–Trinajstić information content (AvgIpc) is 3.30. The van der Waals surface area contributed by atoms with Crippen molar-refractivity contribution in [1.82, 2.24) is 30.0 Å². The van der Waals surface area contributed by atoms with Crippen LogP contribution < -0.4 is 10.6 Å². The third kappa shape index (κ3) is 5.00. The molecule has 2 aromatic heterocycles. The van der Waals surface area contributed by atoms with Gasteiger partial charge in [0.25, 0.3) is 0 Å². The molecular formula is C25H30N8O. The number of piperazine rings is 1. The van der Waals surface area contributed by atoms with Gasteiger partial charge in [-0.2, -0.15) is 5.10 Å². The molecule has 0 unspecified atom stereocenters. The van der Waals surface area contributed by atoms with Crippen LogP contribution in [0.3, 0.4) is 0 Å². The van der Waals surface area contributed by atoms with E-state index in [9.17, 15) is 4.79 Å². The second kappa shape index (κ2) is 9.74. The second-order valence-corrected chi connectivity index (χ2v) is 8.98. The highest BCUT2D eigenvalue weighted by Gasteiger charge is 2.15. The zero-order valence-electron chi connectivity index (χ0n) is 19.6. The Kier molecular flexibility index (Phi) is 6.37. The van der Waals surface area contributed by atoms with Gasteiger partial charge in [-0.3, -0.25) is 9.89 Å². The van der Waals surface area contributed by atoms with E-state index in [4.69, 9.17) is 0 Å². The number of amides is 1. The normalized spacial score (nSPS) is 15.1. The maximum absolute atomic E-state index is 12.7. The van der Waals surface area contributed by atoms with Gasteiger partial charge in [-0.25, -0.2) is 9.97 Å². The van der Waals surface area contributed by atoms with Crippen molar-refractivity contribution >= 4 is 45.0 Å². The Balaban J connectivity index is 1.27. The summed E-state index contributed by atoms with van der Waals surface area (Å²) in [5.41, 5.74) is 4.33. The lowest BCUT2D eigenvalue weighted by atomic mass is 10.1. The molecule has 1 aliphatic heterocycles. The van der Waals surface area contributed by atoms with Crippen molar-refractivity contribution in [2.45, 2.75) is 19.8 Å². The van der Waals surface area contributed by atoms with Gasteiger partial charge >= 0.3 is 0 Å². The number of nitrogens with zero attached hydrogens (tertiary/aromatic N) is 5. The van der Waals surface area contributed by atoms with Gasteiger partial charge in [0.1, 0.15) is 0 Å². The largest absolute Gasteiger partial charge is 0.325 e. The van der Waals surface area contributed by atoms with Crippen molar-refractivity contribution in [3.8, 4) is 0 Å². The molecule has 1 saturated heterocycles. The Labute approximate surface area is 198 Å². The molecule has 0 atom stereocenters. The zero-order valence-corrected chi connectivity index (χ0v) is 19.6. The topological polar surface area (TPSA) is 102 Å². The summed E-state index contributed by atoms with van der Waals surface area (Å²) in [6.45, 7) is 7.29. The summed E-state index contributed by atoms with van der Waals surface area (Å²) in [7, 11) is 2.15. The molecule has 1 fully saturated rings. The van der Waals surface area contributed by atoms with Crippen LogP contribution in [0.15, 0.2) is 42.7 Å². The Morgan fingerprint density at radius 3 is 2.85 bits per heavy atom. The Morgan fingerprint density at radius 2 is 2.00 bits per heavy atom. The van der Waals surface area contributed by atoms with E-state index >= 15 is 0 Å². The summed E-state index contributed by atoms with van der Waals surface area (Å²) < 4.78 is 0. The van der Waals surface area contributed by atoms with Crippen LogP contribution in [0.25, 0.3) is 21.8 Å². The van der Waals surface area contributed by atoms with Crippen LogP contribution in [0, 0.1) is 6.92 Å². The highest BCUT2D eigenvalue weighted by Crippen LogP contribution is 2.28. The summed E-state index contributed by atoms with van der Waals surface area (Å²) in [4.78, 5) is 26.6. The number of para-hydroxylation sites is 1. The number of nitrogens with one attached hydrogen (secondary N) is 3. The highest BCUT2D eigenvalue weighted by atomic mass is 16.1. The number of fused-ring (bicyclic) bond motifs is 2. The molecule has 0 spiro atoms. The molecule has 0 aliphatic carbocycles. The van der Waals surface area contributed by atoms with E-state index in [0.717, 1.165) is 77.9 Å². The van der Waals surface area contributed by atoms with Crippen molar-refractivity contribution in [3.05, 3.63) is 48.3 Å². The summed E-state index contributed by atoms with van der Waals surface area (Å²) >= 11 is 0. The van der Waals surface area contributed by atoms with E-state index in [1.807, 2.05) is 43.5 Å². The predicted octanol–water partition coefficient (Wildman–Crippen LogP) is 3.52. The van der Waals surface area contributed by atoms with Crippen LogP contribution in [0.5, 0.6) is 0 Å². The third-order valence-corrected chi connectivity index (χ3v) is 6.38. The monoisotopic (exact) mass is 458 g/mol. The fourth-order valence-electron chi connectivity index (χ4n) is 4.37. The number of rotatable bonds is 7. The van der Waals surface area contributed by atoms with Gasteiger partial charge in [0.15, 0.2) is 0 Å². The number of H-pyrrole nitrogens is 1. The number of carbonyl (C=O) groups excluding carboxylic acids is 1. The number of likely N-dealkylation sites (N-methyl/N-ethyl adjacent to an activating group) is 1. The highest BCUT2D eigenvalue weighted by molar-refractivity contribution is 6.02. The number of aromatic nitrogens is 4. The van der Waals surface area contributed by atoms with Crippen molar-refractivity contribution < 1.29 is 4.79 Å². The molecule has 1 aliphatic rings. The van der Waals surface area contributed by atoms with Crippen LogP contribution in [0.1, 0.15) is 18.4 Å². The first-order valence-electron chi connectivity index (χ1n) is 11.7. The Morgan fingerprint density at radius 1 is 1.15 bits per heavy atom. The third-order valence-electron chi connectivity index (χ3n) is 6.38. The molecule has 3 heterocycles. The van der Waals surface area contributed by atoms with Crippen molar-refractivity contribution in [2.24, 2.45) is 0 Å². The zero-order chi connectivity index (χ0) is 23.5. The van der Waals surface area contributed by atoms with E-state index in [0.29, 0.717) is 12.4 Å². The number of aromatic amines is 1. The van der Waals surface area contributed by atoms with Gasteiger partial charge < -0.3 is 20.4 Å². The number of aryl methyl sites for hydroxylation is 1. The summed E-state index contributed by atoms with van der Waals surface area (Å²) in [5, 5.41) is 15.4.